The van der Waals surface area contributed by atoms with Crippen LogP contribution in [0.5, 0.6) is 5.75 Å². The maximum absolute atomic E-state index is 11.8. The van der Waals surface area contributed by atoms with Crippen LogP contribution in [-0.2, 0) is 16.1 Å². The molecule has 0 fully saturated rings. The first-order valence-electron chi connectivity index (χ1n) is 7.22. The van der Waals surface area contributed by atoms with Crippen molar-refractivity contribution in [1.29, 1.82) is 0 Å². The van der Waals surface area contributed by atoms with Crippen LogP contribution >= 0.6 is 0 Å². The highest BCUT2D eigenvalue weighted by Gasteiger charge is 2.06. The van der Waals surface area contributed by atoms with Crippen molar-refractivity contribution in [3.8, 4) is 5.75 Å². The smallest absolute Gasteiger partial charge is 0.337 e. The molecule has 5 heteroatoms. The second-order valence-corrected chi connectivity index (χ2v) is 5.07. The van der Waals surface area contributed by atoms with E-state index in [4.69, 9.17) is 4.74 Å². The third-order valence-corrected chi connectivity index (χ3v) is 3.26. The second-order valence-electron chi connectivity index (χ2n) is 5.07. The Kier molecular flexibility index (Phi) is 5.74. The summed E-state index contributed by atoms with van der Waals surface area (Å²) in [6, 6.07) is 14.4. The van der Waals surface area contributed by atoms with Gasteiger partial charge < -0.3 is 14.8 Å². The number of hydrogen-bond donors (Lipinski definition) is 1. The van der Waals surface area contributed by atoms with Crippen LogP contribution in [0.1, 0.15) is 21.5 Å². The number of nitrogens with one attached hydrogen (secondary N) is 1. The molecule has 0 saturated carbocycles. The predicted molar refractivity (Wildman–Crippen MR) is 86.3 cm³/mol. The van der Waals surface area contributed by atoms with E-state index < -0.39 is 0 Å². The molecule has 0 bridgehead atoms. The zero-order chi connectivity index (χ0) is 16.7. The number of amides is 1. The van der Waals surface area contributed by atoms with E-state index in [9.17, 15) is 9.59 Å². The van der Waals surface area contributed by atoms with Crippen molar-refractivity contribution in [2.45, 2.75) is 13.5 Å². The Morgan fingerprint density at radius 1 is 1.00 bits per heavy atom. The quantitative estimate of drug-likeness (QED) is 0.832. The number of carbonyl (C=O) groups is 2. The highest BCUT2D eigenvalue weighted by atomic mass is 16.5. The molecule has 0 unspecified atom stereocenters. The van der Waals surface area contributed by atoms with Gasteiger partial charge in [-0.3, -0.25) is 4.79 Å². The Hall–Kier alpha value is -2.82. The van der Waals surface area contributed by atoms with Crippen molar-refractivity contribution in [2.24, 2.45) is 0 Å². The monoisotopic (exact) mass is 313 g/mol. The molecule has 0 aliphatic heterocycles. The Balaban J connectivity index is 1.77. The summed E-state index contributed by atoms with van der Waals surface area (Å²) >= 11 is 0. The topological polar surface area (TPSA) is 64.6 Å². The van der Waals surface area contributed by atoms with Gasteiger partial charge in [0.1, 0.15) is 5.75 Å². The summed E-state index contributed by atoms with van der Waals surface area (Å²) in [5.74, 6) is 0.0721. The Bertz CT molecular complexity index is 662. The van der Waals surface area contributed by atoms with Crippen molar-refractivity contribution in [3.05, 3.63) is 65.2 Å². The lowest BCUT2D eigenvalue weighted by Crippen LogP contribution is -2.28. The van der Waals surface area contributed by atoms with Gasteiger partial charge in [-0.15, -0.1) is 0 Å². The molecule has 5 nitrogen and oxygen atoms in total. The molecule has 0 atom stereocenters. The minimum atomic E-state index is -0.382. The van der Waals surface area contributed by atoms with Crippen LogP contribution in [0.4, 0.5) is 0 Å². The normalized spacial score (nSPS) is 10.0. The molecule has 120 valence electrons. The van der Waals surface area contributed by atoms with Gasteiger partial charge in [0.05, 0.1) is 12.7 Å². The van der Waals surface area contributed by atoms with Crippen molar-refractivity contribution in [3.63, 3.8) is 0 Å². The van der Waals surface area contributed by atoms with E-state index in [1.54, 1.807) is 24.3 Å². The first-order chi connectivity index (χ1) is 11.1. The third-order valence-electron chi connectivity index (χ3n) is 3.26. The lowest BCUT2D eigenvalue weighted by atomic mass is 10.1. The lowest BCUT2D eigenvalue weighted by molar-refractivity contribution is -0.123. The summed E-state index contributed by atoms with van der Waals surface area (Å²) in [6.45, 7) is 2.32. The molecule has 0 aliphatic carbocycles. The number of benzene rings is 2. The van der Waals surface area contributed by atoms with E-state index in [0.29, 0.717) is 17.9 Å². The highest BCUT2D eigenvalue weighted by molar-refractivity contribution is 5.89. The Labute approximate surface area is 135 Å². The summed E-state index contributed by atoms with van der Waals surface area (Å²) in [6.07, 6.45) is 0. The van der Waals surface area contributed by atoms with Gasteiger partial charge in [-0.25, -0.2) is 4.79 Å². The minimum Gasteiger partial charge on any atom is -0.484 e. The maximum atomic E-state index is 11.8. The zero-order valence-corrected chi connectivity index (χ0v) is 13.2. The number of hydrogen-bond acceptors (Lipinski definition) is 4. The molecule has 0 heterocycles. The van der Waals surface area contributed by atoms with E-state index >= 15 is 0 Å². The van der Waals surface area contributed by atoms with Gasteiger partial charge in [-0.05, 0) is 36.8 Å². The molecular weight excluding hydrogens is 294 g/mol. The van der Waals surface area contributed by atoms with Crippen LogP contribution in [0.15, 0.2) is 48.5 Å². The van der Waals surface area contributed by atoms with Gasteiger partial charge in [0, 0.05) is 6.54 Å². The third kappa shape index (κ3) is 5.14. The maximum Gasteiger partial charge on any atom is 0.337 e. The fourth-order valence-corrected chi connectivity index (χ4v) is 1.91. The van der Waals surface area contributed by atoms with Crippen molar-refractivity contribution < 1.29 is 19.1 Å². The van der Waals surface area contributed by atoms with E-state index in [1.807, 2.05) is 31.2 Å². The largest absolute Gasteiger partial charge is 0.484 e. The molecular formula is C18H19NO4. The number of rotatable bonds is 6. The summed E-state index contributed by atoms with van der Waals surface area (Å²) in [5, 5.41) is 2.76. The van der Waals surface area contributed by atoms with Crippen molar-refractivity contribution in [1.82, 2.24) is 5.32 Å². The summed E-state index contributed by atoms with van der Waals surface area (Å²) in [7, 11) is 1.34. The molecule has 0 aromatic heterocycles. The average Bonchev–Trinajstić information content (AvgIpc) is 2.59. The molecule has 0 radical (unpaired) electrons. The first kappa shape index (κ1) is 16.5. The van der Waals surface area contributed by atoms with E-state index in [-0.39, 0.29) is 18.5 Å². The predicted octanol–water partition coefficient (Wildman–Crippen LogP) is 2.48. The number of aryl methyl sites for hydroxylation is 1. The number of methoxy groups -OCH3 is 1. The molecule has 2 rings (SSSR count). The van der Waals surface area contributed by atoms with Crippen molar-refractivity contribution >= 4 is 11.9 Å². The van der Waals surface area contributed by atoms with Gasteiger partial charge in [-0.2, -0.15) is 0 Å². The van der Waals surface area contributed by atoms with Crippen LogP contribution in [0.25, 0.3) is 0 Å². The van der Waals surface area contributed by atoms with Crippen LogP contribution in [-0.4, -0.2) is 25.6 Å². The summed E-state index contributed by atoms with van der Waals surface area (Å²) in [5.41, 5.74) is 2.50. The summed E-state index contributed by atoms with van der Waals surface area (Å²) in [4.78, 5) is 23.1. The van der Waals surface area contributed by atoms with Crippen LogP contribution in [0.3, 0.4) is 0 Å². The highest BCUT2D eigenvalue weighted by Crippen LogP contribution is 2.11. The van der Waals surface area contributed by atoms with Crippen LogP contribution in [0, 0.1) is 6.92 Å². The summed E-state index contributed by atoms with van der Waals surface area (Å²) < 4.78 is 10.0. The second kappa shape index (κ2) is 7.98. The van der Waals surface area contributed by atoms with Gasteiger partial charge >= 0.3 is 5.97 Å². The van der Waals surface area contributed by atoms with Gasteiger partial charge in [0.2, 0.25) is 0 Å². The fraction of sp³-hybridized carbons (Fsp3) is 0.222. The van der Waals surface area contributed by atoms with Gasteiger partial charge in [0.15, 0.2) is 6.61 Å². The van der Waals surface area contributed by atoms with Crippen LogP contribution < -0.4 is 10.1 Å². The standard InChI is InChI=1S/C18H19NO4/c1-13-3-9-16(10-4-13)23-12-17(20)19-11-14-5-7-15(8-6-14)18(21)22-2/h3-10H,11-12H2,1-2H3,(H,19,20). The number of esters is 1. The molecule has 0 aliphatic rings. The molecule has 2 aromatic rings. The van der Waals surface area contributed by atoms with E-state index in [2.05, 4.69) is 10.1 Å². The number of ether oxygens (including phenoxy) is 2. The minimum absolute atomic E-state index is 0.0384. The first-order valence-corrected chi connectivity index (χ1v) is 7.22. The van der Waals surface area contributed by atoms with Crippen LogP contribution in [0.2, 0.25) is 0 Å². The SMILES string of the molecule is COC(=O)c1ccc(CNC(=O)COc2ccc(C)cc2)cc1. The lowest BCUT2D eigenvalue weighted by Gasteiger charge is -2.08. The van der Waals surface area contributed by atoms with E-state index in [1.165, 1.54) is 7.11 Å². The molecule has 23 heavy (non-hydrogen) atoms. The van der Waals surface area contributed by atoms with E-state index in [0.717, 1.165) is 11.1 Å². The van der Waals surface area contributed by atoms with Gasteiger partial charge in [0.25, 0.3) is 5.91 Å². The Morgan fingerprint density at radius 2 is 1.65 bits per heavy atom. The molecule has 1 N–H and O–H groups in total. The fourth-order valence-electron chi connectivity index (χ4n) is 1.91. The van der Waals surface area contributed by atoms with Crippen molar-refractivity contribution in [2.75, 3.05) is 13.7 Å². The van der Waals surface area contributed by atoms with Gasteiger partial charge in [-0.1, -0.05) is 29.8 Å². The molecule has 0 spiro atoms. The zero-order valence-electron chi connectivity index (χ0n) is 13.2. The number of carbonyl (C=O) groups excluding carboxylic acids is 2. The molecule has 0 saturated heterocycles. The Morgan fingerprint density at radius 3 is 2.26 bits per heavy atom. The average molecular weight is 313 g/mol. The molecule has 2 aromatic carbocycles. The molecule has 1 amide bonds.